The molecular formula is C25H18FN5OS. The van der Waals surface area contributed by atoms with Crippen molar-refractivity contribution in [1.82, 2.24) is 19.9 Å². The number of rotatable bonds is 6. The maximum absolute atomic E-state index is 14.2. The Balaban J connectivity index is 1.50. The number of aromatic nitrogens is 4. The maximum Gasteiger partial charge on any atom is 0.220 e. The summed E-state index contributed by atoms with van der Waals surface area (Å²) in [6, 6.07) is 18.9. The van der Waals surface area contributed by atoms with E-state index in [0.29, 0.717) is 16.9 Å². The van der Waals surface area contributed by atoms with Gasteiger partial charge >= 0.3 is 0 Å². The molecule has 8 heteroatoms. The molecule has 0 saturated heterocycles. The average Bonchev–Trinajstić information content (AvgIpc) is 2.87. The third-order valence-corrected chi connectivity index (χ3v) is 5.92. The number of fused-ring (bicyclic) bond motifs is 1. The first-order valence-corrected chi connectivity index (χ1v) is 10.9. The number of nitrogens with one attached hydrogen (secondary N) is 1. The van der Waals surface area contributed by atoms with Crippen LogP contribution < -0.4 is 9.46 Å². The third kappa shape index (κ3) is 4.33. The lowest BCUT2D eigenvalue weighted by molar-refractivity contribution is 0.416. The minimum atomic E-state index is -0.517. The van der Waals surface area contributed by atoms with Gasteiger partial charge in [0.2, 0.25) is 5.95 Å². The van der Waals surface area contributed by atoms with Crippen LogP contribution in [0, 0.1) is 5.95 Å². The molecule has 0 amide bonds. The Morgan fingerprint density at radius 2 is 1.82 bits per heavy atom. The van der Waals surface area contributed by atoms with Crippen LogP contribution in [0.15, 0.2) is 90.5 Å². The summed E-state index contributed by atoms with van der Waals surface area (Å²) in [5, 5.41) is 2.03. The summed E-state index contributed by atoms with van der Waals surface area (Å²) in [6.45, 7) is 0. The minimum absolute atomic E-state index is 0.422. The fourth-order valence-corrected chi connectivity index (χ4v) is 4.22. The zero-order valence-electron chi connectivity index (χ0n) is 17.6. The van der Waals surface area contributed by atoms with Gasteiger partial charge in [-0.25, -0.2) is 15.0 Å². The summed E-state index contributed by atoms with van der Waals surface area (Å²) in [6.07, 6.45) is 6.40. The van der Waals surface area contributed by atoms with Gasteiger partial charge < -0.3 is 9.46 Å². The Labute approximate surface area is 194 Å². The number of nitrogens with zero attached hydrogens (tertiary/aromatic N) is 4. The first-order chi connectivity index (χ1) is 16.2. The van der Waals surface area contributed by atoms with Gasteiger partial charge in [-0.15, -0.1) is 0 Å². The monoisotopic (exact) mass is 455 g/mol. The van der Waals surface area contributed by atoms with E-state index in [1.54, 1.807) is 31.6 Å². The van der Waals surface area contributed by atoms with Crippen LogP contribution in [0.3, 0.4) is 0 Å². The zero-order chi connectivity index (χ0) is 22.6. The van der Waals surface area contributed by atoms with Gasteiger partial charge in [0, 0.05) is 40.0 Å². The Kier molecular flexibility index (Phi) is 5.82. The van der Waals surface area contributed by atoms with E-state index in [0.717, 1.165) is 32.7 Å². The molecule has 0 spiro atoms. The standard InChI is InChI=1S/C25H18FN5OS/c1-32-22-14-16(20-3-2-10-29-25(20)26)4-6-21(22)24-19-7-5-18(13-17(19)8-12-28-24)33-31-23-9-11-27-15-30-23/h2-15H,1H3,(H,27,30,31). The summed E-state index contributed by atoms with van der Waals surface area (Å²) < 4.78 is 23.0. The predicted octanol–water partition coefficient (Wildman–Crippen LogP) is 6.02. The highest BCUT2D eigenvalue weighted by molar-refractivity contribution is 8.00. The van der Waals surface area contributed by atoms with Crippen LogP contribution in [0.1, 0.15) is 0 Å². The summed E-state index contributed by atoms with van der Waals surface area (Å²) in [4.78, 5) is 17.5. The lowest BCUT2D eigenvalue weighted by Crippen LogP contribution is -1.94. The fraction of sp³-hybridized carbons (Fsp3) is 0.0400. The molecule has 162 valence electrons. The molecule has 0 aliphatic rings. The molecule has 0 unspecified atom stereocenters. The van der Waals surface area contributed by atoms with E-state index in [1.807, 2.05) is 42.5 Å². The Morgan fingerprint density at radius 1 is 0.879 bits per heavy atom. The largest absolute Gasteiger partial charge is 0.496 e. The molecule has 0 aliphatic heterocycles. The van der Waals surface area contributed by atoms with E-state index in [-0.39, 0.29) is 0 Å². The number of hydrogen-bond donors (Lipinski definition) is 1. The number of hydrogen-bond acceptors (Lipinski definition) is 7. The van der Waals surface area contributed by atoms with Gasteiger partial charge in [-0.3, -0.25) is 4.98 Å². The van der Waals surface area contributed by atoms with E-state index in [4.69, 9.17) is 4.74 Å². The number of methoxy groups -OCH3 is 1. The van der Waals surface area contributed by atoms with Gasteiger partial charge in [0.1, 0.15) is 17.9 Å². The maximum atomic E-state index is 14.2. The van der Waals surface area contributed by atoms with Crippen molar-refractivity contribution in [2.24, 2.45) is 0 Å². The average molecular weight is 456 g/mol. The van der Waals surface area contributed by atoms with Gasteiger partial charge in [-0.2, -0.15) is 4.39 Å². The molecular weight excluding hydrogens is 437 g/mol. The molecule has 3 aromatic heterocycles. The van der Waals surface area contributed by atoms with Gasteiger partial charge in [0.15, 0.2) is 0 Å². The van der Waals surface area contributed by atoms with E-state index in [2.05, 4.69) is 30.7 Å². The molecule has 0 atom stereocenters. The van der Waals surface area contributed by atoms with Crippen molar-refractivity contribution in [3.8, 4) is 28.1 Å². The van der Waals surface area contributed by atoms with Crippen molar-refractivity contribution < 1.29 is 9.13 Å². The number of ether oxygens (including phenoxy) is 1. The fourth-order valence-electron chi connectivity index (χ4n) is 3.55. The highest BCUT2D eigenvalue weighted by Crippen LogP contribution is 2.37. The SMILES string of the molecule is COc1cc(-c2cccnc2F)ccc1-c1nccc2cc(SNc3ccncn3)ccc12. The number of benzene rings is 2. The van der Waals surface area contributed by atoms with Crippen molar-refractivity contribution >= 4 is 28.5 Å². The Morgan fingerprint density at radius 3 is 2.64 bits per heavy atom. The minimum Gasteiger partial charge on any atom is -0.496 e. The molecule has 0 radical (unpaired) electrons. The second-order valence-electron chi connectivity index (χ2n) is 7.10. The van der Waals surface area contributed by atoms with Crippen LogP contribution in [-0.4, -0.2) is 27.0 Å². The lowest BCUT2D eigenvalue weighted by atomic mass is 9.99. The Hall–Kier alpha value is -4.04. The molecule has 3 heterocycles. The van der Waals surface area contributed by atoms with Gasteiger partial charge in [0.05, 0.1) is 12.8 Å². The van der Waals surface area contributed by atoms with Crippen molar-refractivity contribution in [3.63, 3.8) is 0 Å². The van der Waals surface area contributed by atoms with Crippen LogP contribution in [-0.2, 0) is 0 Å². The lowest BCUT2D eigenvalue weighted by Gasteiger charge is -2.13. The summed E-state index contributed by atoms with van der Waals surface area (Å²) in [5.74, 6) is 0.830. The van der Waals surface area contributed by atoms with Gasteiger partial charge in [-0.05, 0) is 71.4 Å². The van der Waals surface area contributed by atoms with E-state index in [1.165, 1.54) is 24.5 Å². The highest BCUT2D eigenvalue weighted by Gasteiger charge is 2.14. The van der Waals surface area contributed by atoms with E-state index >= 15 is 0 Å². The molecule has 1 N–H and O–H groups in total. The molecule has 5 rings (SSSR count). The van der Waals surface area contributed by atoms with E-state index in [9.17, 15) is 4.39 Å². The predicted molar refractivity (Wildman–Crippen MR) is 128 cm³/mol. The molecule has 33 heavy (non-hydrogen) atoms. The summed E-state index contributed by atoms with van der Waals surface area (Å²) in [7, 11) is 1.60. The first kappa shape index (κ1) is 20.8. The van der Waals surface area contributed by atoms with Crippen molar-refractivity contribution in [2.75, 3.05) is 11.8 Å². The molecule has 6 nitrogen and oxygen atoms in total. The third-order valence-electron chi connectivity index (χ3n) is 5.12. The molecule has 0 saturated carbocycles. The van der Waals surface area contributed by atoms with Crippen molar-refractivity contribution in [2.45, 2.75) is 4.90 Å². The quantitative estimate of drug-likeness (QED) is 0.248. The molecule has 2 aromatic carbocycles. The topological polar surface area (TPSA) is 72.8 Å². The van der Waals surface area contributed by atoms with Gasteiger partial charge in [-0.1, -0.05) is 12.1 Å². The summed E-state index contributed by atoms with van der Waals surface area (Å²) in [5.41, 5.74) is 2.74. The highest BCUT2D eigenvalue weighted by atomic mass is 32.2. The van der Waals surface area contributed by atoms with Crippen LogP contribution in [0.25, 0.3) is 33.2 Å². The van der Waals surface area contributed by atoms with Crippen molar-refractivity contribution in [3.05, 3.63) is 91.5 Å². The van der Waals surface area contributed by atoms with Gasteiger partial charge in [0.25, 0.3) is 0 Å². The molecule has 0 bridgehead atoms. The molecule has 0 aliphatic carbocycles. The number of anilines is 1. The number of pyridine rings is 2. The van der Waals surface area contributed by atoms with Crippen LogP contribution >= 0.6 is 11.9 Å². The number of halogens is 1. The smallest absolute Gasteiger partial charge is 0.220 e. The first-order valence-electron chi connectivity index (χ1n) is 10.1. The molecule has 0 fully saturated rings. The van der Waals surface area contributed by atoms with Crippen molar-refractivity contribution in [1.29, 1.82) is 0 Å². The van der Waals surface area contributed by atoms with Crippen LogP contribution in [0.2, 0.25) is 0 Å². The molecule has 5 aromatic rings. The second-order valence-corrected chi connectivity index (χ2v) is 7.98. The summed E-state index contributed by atoms with van der Waals surface area (Å²) >= 11 is 1.47. The van der Waals surface area contributed by atoms with Crippen LogP contribution in [0.4, 0.5) is 10.2 Å². The van der Waals surface area contributed by atoms with E-state index < -0.39 is 5.95 Å². The zero-order valence-corrected chi connectivity index (χ0v) is 18.4. The second kappa shape index (κ2) is 9.22. The van der Waals surface area contributed by atoms with Crippen LogP contribution in [0.5, 0.6) is 5.75 Å². The Bertz CT molecular complexity index is 1430. The normalized spacial score (nSPS) is 10.8.